The van der Waals surface area contributed by atoms with Gasteiger partial charge in [-0.1, -0.05) is 36.4 Å². The molecule has 0 bridgehead atoms. The Morgan fingerprint density at radius 1 is 0.974 bits per heavy atom. The van der Waals surface area contributed by atoms with Crippen LogP contribution in [-0.4, -0.2) is 60.4 Å². The third-order valence-corrected chi connectivity index (χ3v) is 5.89. The van der Waals surface area contributed by atoms with E-state index in [1.165, 1.54) is 7.11 Å². The molecule has 1 amide bonds. The highest BCUT2D eigenvalue weighted by Gasteiger charge is 2.25. The molecule has 0 radical (unpaired) electrons. The lowest BCUT2D eigenvalue weighted by Crippen LogP contribution is -2.37. The number of carbonyl (C=O) groups is 2. The molecule has 202 valence electrons. The van der Waals surface area contributed by atoms with Crippen molar-refractivity contribution in [1.29, 1.82) is 0 Å². The molecule has 0 fully saturated rings. The Kier molecular flexibility index (Phi) is 9.18. The number of aliphatic carboxylic acids is 1. The molecule has 1 heterocycles. The van der Waals surface area contributed by atoms with Gasteiger partial charge in [-0.15, -0.1) is 0 Å². The first-order chi connectivity index (χ1) is 18.9. The molecule has 2 atom stereocenters. The zero-order valence-electron chi connectivity index (χ0n) is 21.7. The summed E-state index contributed by atoms with van der Waals surface area (Å²) in [7, 11) is 1.53. The number of carboxylic acids is 1. The van der Waals surface area contributed by atoms with E-state index >= 15 is 0 Å². The number of rotatable bonds is 11. The number of aliphatic imine (C=N–C) groups is 1. The van der Waals surface area contributed by atoms with Crippen molar-refractivity contribution in [2.24, 2.45) is 4.99 Å². The second-order valence-electron chi connectivity index (χ2n) is 8.79. The Balaban J connectivity index is 1.29. The predicted octanol–water partition coefficient (Wildman–Crippen LogP) is 4.95. The van der Waals surface area contributed by atoms with E-state index in [9.17, 15) is 14.7 Å². The first-order valence-corrected chi connectivity index (χ1v) is 12.4. The summed E-state index contributed by atoms with van der Waals surface area (Å²) in [4.78, 5) is 29.7. The number of carboxylic acid groups (broad SMARTS) is 1. The molecule has 3 aromatic carbocycles. The summed E-state index contributed by atoms with van der Waals surface area (Å²) >= 11 is 0. The minimum atomic E-state index is -1.14. The van der Waals surface area contributed by atoms with Crippen molar-refractivity contribution in [3.05, 3.63) is 102 Å². The van der Waals surface area contributed by atoms with E-state index in [4.69, 9.17) is 18.9 Å². The molecule has 4 rings (SSSR count). The van der Waals surface area contributed by atoms with Gasteiger partial charge in [0.05, 0.1) is 7.11 Å². The SMILES string of the molecule is COc1ccc(OC(=O)N(CC(=O)O)Cc2ccc(OC/C=C\C3N=C(c4ccccc4)OC3C)cc2)cc1. The zero-order chi connectivity index (χ0) is 27.6. The normalized spacial score (nSPS) is 16.3. The van der Waals surface area contributed by atoms with Crippen LogP contribution in [0.1, 0.15) is 18.1 Å². The van der Waals surface area contributed by atoms with Crippen molar-refractivity contribution in [3.63, 3.8) is 0 Å². The van der Waals surface area contributed by atoms with E-state index < -0.39 is 18.6 Å². The van der Waals surface area contributed by atoms with E-state index in [0.717, 1.165) is 16.0 Å². The maximum atomic E-state index is 12.6. The molecule has 0 aliphatic carbocycles. The molecule has 1 aliphatic rings. The Bertz CT molecular complexity index is 1310. The lowest BCUT2D eigenvalue weighted by Gasteiger charge is -2.20. The minimum absolute atomic E-state index is 0.0583. The maximum absolute atomic E-state index is 12.6. The molecule has 0 spiro atoms. The van der Waals surface area contributed by atoms with Crippen LogP contribution in [0.25, 0.3) is 0 Å². The number of carbonyl (C=O) groups excluding carboxylic acids is 1. The fraction of sp³-hybridized carbons (Fsp3) is 0.233. The van der Waals surface area contributed by atoms with Gasteiger partial charge in [0.1, 0.15) is 42.5 Å². The van der Waals surface area contributed by atoms with Crippen LogP contribution in [-0.2, 0) is 16.1 Å². The van der Waals surface area contributed by atoms with E-state index in [2.05, 4.69) is 4.99 Å². The second kappa shape index (κ2) is 13.1. The van der Waals surface area contributed by atoms with Gasteiger partial charge in [0.2, 0.25) is 5.90 Å². The summed E-state index contributed by atoms with van der Waals surface area (Å²) in [6.45, 7) is 1.88. The van der Waals surface area contributed by atoms with Crippen LogP contribution in [0.2, 0.25) is 0 Å². The van der Waals surface area contributed by atoms with Crippen LogP contribution in [0.3, 0.4) is 0 Å². The van der Waals surface area contributed by atoms with Gasteiger partial charge < -0.3 is 24.1 Å². The quantitative estimate of drug-likeness (QED) is 0.350. The van der Waals surface area contributed by atoms with Crippen molar-refractivity contribution in [2.45, 2.75) is 25.6 Å². The van der Waals surface area contributed by atoms with Crippen LogP contribution >= 0.6 is 0 Å². The van der Waals surface area contributed by atoms with Gasteiger partial charge in [0.15, 0.2) is 0 Å². The summed E-state index contributed by atoms with van der Waals surface area (Å²) in [6.07, 6.45) is 3.03. The first-order valence-electron chi connectivity index (χ1n) is 12.4. The average Bonchev–Trinajstić information content (AvgIpc) is 3.32. The van der Waals surface area contributed by atoms with Crippen molar-refractivity contribution < 1.29 is 33.6 Å². The van der Waals surface area contributed by atoms with Crippen LogP contribution in [0.4, 0.5) is 4.79 Å². The number of amides is 1. The lowest BCUT2D eigenvalue weighted by molar-refractivity contribution is -0.138. The Labute approximate surface area is 226 Å². The second-order valence-corrected chi connectivity index (χ2v) is 8.79. The molecule has 39 heavy (non-hydrogen) atoms. The third-order valence-electron chi connectivity index (χ3n) is 5.89. The van der Waals surface area contributed by atoms with Gasteiger partial charge in [0.25, 0.3) is 0 Å². The van der Waals surface area contributed by atoms with Crippen LogP contribution in [0.5, 0.6) is 17.2 Å². The Morgan fingerprint density at radius 2 is 1.64 bits per heavy atom. The van der Waals surface area contributed by atoms with Crippen molar-refractivity contribution >= 4 is 18.0 Å². The molecule has 2 unspecified atom stereocenters. The number of nitrogens with zero attached hydrogens (tertiary/aromatic N) is 2. The molecule has 1 N–H and O–H groups in total. The highest BCUT2D eigenvalue weighted by Crippen LogP contribution is 2.21. The van der Waals surface area contributed by atoms with Crippen LogP contribution in [0, 0.1) is 0 Å². The van der Waals surface area contributed by atoms with Crippen molar-refractivity contribution in [2.75, 3.05) is 20.3 Å². The van der Waals surface area contributed by atoms with Gasteiger partial charge in [-0.2, -0.15) is 0 Å². The van der Waals surface area contributed by atoms with Crippen molar-refractivity contribution in [3.8, 4) is 17.2 Å². The van der Waals surface area contributed by atoms with Crippen molar-refractivity contribution in [1.82, 2.24) is 4.90 Å². The highest BCUT2D eigenvalue weighted by atomic mass is 16.6. The summed E-state index contributed by atoms with van der Waals surface area (Å²) in [6, 6.07) is 23.2. The van der Waals surface area contributed by atoms with E-state index in [1.54, 1.807) is 48.5 Å². The number of methoxy groups -OCH3 is 1. The molecule has 9 heteroatoms. The van der Waals surface area contributed by atoms with Crippen LogP contribution in [0.15, 0.2) is 96.0 Å². The van der Waals surface area contributed by atoms with Gasteiger partial charge in [-0.25, -0.2) is 9.79 Å². The molecule has 1 aliphatic heterocycles. The highest BCUT2D eigenvalue weighted by molar-refractivity contribution is 5.95. The monoisotopic (exact) mass is 530 g/mol. The Morgan fingerprint density at radius 3 is 2.31 bits per heavy atom. The topological polar surface area (TPSA) is 107 Å². The fourth-order valence-electron chi connectivity index (χ4n) is 3.85. The Hall–Kier alpha value is -4.79. The fourth-order valence-corrected chi connectivity index (χ4v) is 3.85. The number of hydrogen-bond donors (Lipinski definition) is 1. The van der Waals surface area contributed by atoms with Crippen LogP contribution < -0.4 is 14.2 Å². The molecule has 3 aromatic rings. The molecule has 0 saturated carbocycles. The van der Waals surface area contributed by atoms with E-state index in [0.29, 0.717) is 24.0 Å². The zero-order valence-corrected chi connectivity index (χ0v) is 21.7. The third kappa shape index (κ3) is 7.85. The summed E-state index contributed by atoms with van der Waals surface area (Å²) in [5.41, 5.74) is 1.68. The van der Waals surface area contributed by atoms with E-state index in [-0.39, 0.29) is 24.4 Å². The predicted molar refractivity (Wildman–Crippen MR) is 145 cm³/mol. The minimum Gasteiger partial charge on any atom is -0.497 e. The number of hydrogen-bond acceptors (Lipinski definition) is 7. The smallest absolute Gasteiger partial charge is 0.416 e. The standard InChI is InChI=1S/C30H30N2O7/c1-21-27(31-29(38-21)23-7-4-3-5-8-23)9-6-18-37-25-12-10-22(11-13-25)19-32(20-28(33)34)30(35)39-26-16-14-24(36-2)15-17-26/h3-17,21,27H,18-20H2,1-2H3,(H,33,34)/b9-6-. The molecular weight excluding hydrogens is 500 g/mol. The lowest BCUT2D eigenvalue weighted by atomic mass is 10.2. The molecule has 9 nitrogen and oxygen atoms in total. The number of ether oxygens (including phenoxy) is 4. The average molecular weight is 531 g/mol. The van der Waals surface area contributed by atoms with Gasteiger partial charge in [-0.3, -0.25) is 9.69 Å². The summed E-state index contributed by atoms with van der Waals surface area (Å²) in [5, 5.41) is 9.27. The van der Waals surface area contributed by atoms with Gasteiger partial charge >= 0.3 is 12.1 Å². The molecule has 0 aromatic heterocycles. The number of benzene rings is 3. The first kappa shape index (κ1) is 27.3. The largest absolute Gasteiger partial charge is 0.497 e. The van der Waals surface area contributed by atoms with E-state index in [1.807, 2.05) is 49.4 Å². The van der Waals surface area contributed by atoms with Gasteiger partial charge in [-0.05, 0) is 67.1 Å². The molecular formula is C30H30N2O7. The van der Waals surface area contributed by atoms with Gasteiger partial charge in [0, 0.05) is 12.1 Å². The molecule has 0 saturated heterocycles. The summed E-state index contributed by atoms with van der Waals surface area (Å²) < 4.78 is 22.1. The maximum Gasteiger partial charge on any atom is 0.416 e. The summed E-state index contributed by atoms with van der Waals surface area (Å²) in [5.74, 6) is 1.03.